The summed E-state index contributed by atoms with van der Waals surface area (Å²) in [7, 11) is 0. The first kappa shape index (κ1) is 12.6. The highest BCUT2D eigenvalue weighted by Gasteiger charge is 2.36. The smallest absolute Gasteiger partial charge is 0.244 e. The van der Waals surface area contributed by atoms with Gasteiger partial charge in [0.05, 0.1) is 23.8 Å². The molecule has 2 aliphatic rings. The molecule has 0 aliphatic carbocycles. The maximum atomic E-state index is 12.9. The van der Waals surface area contributed by atoms with Gasteiger partial charge >= 0.3 is 0 Å². The Bertz CT molecular complexity index is 693. The molecule has 0 radical (unpaired) electrons. The van der Waals surface area contributed by atoms with Crippen molar-refractivity contribution in [3.8, 4) is 0 Å². The van der Waals surface area contributed by atoms with Crippen LogP contribution in [0.1, 0.15) is 23.9 Å². The van der Waals surface area contributed by atoms with E-state index in [1.807, 2.05) is 23.1 Å². The van der Waals surface area contributed by atoms with Gasteiger partial charge in [-0.05, 0) is 25.0 Å². The summed E-state index contributed by atoms with van der Waals surface area (Å²) in [4.78, 5) is 22.3. The van der Waals surface area contributed by atoms with Gasteiger partial charge in [0.15, 0.2) is 0 Å². The number of aromatic nitrogens is 2. The summed E-state index contributed by atoms with van der Waals surface area (Å²) in [5, 5.41) is 3.33. The molecule has 0 saturated heterocycles. The molecule has 0 saturated carbocycles. The molecule has 0 bridgehead atoms. The maximum absolute atomic E-state index is 12.9. The minimum atomic E-state index is -0.186. The largest absolute Gasteiger partial charge is 0.347 e. The van der Waals surface area contributed by atoms with E-state index in [2.05, 4.69) is 28.3 Å². The standard InChI is InChI=1S/C16H18N4O/c1-10-6-11-4-2-3-5-15(11)20(10)16(21)13-7-12-14(8-17-13)19-9-18-12/h2-5,9-10,13,17H,6-8H2,1H3,(H,18,19). The summed E-state index contributed by atoms with van der Waals surface area (Å²) >= 11 is 0. The number of anilines is 1. The molecule has 5 heteroatoms. The number of amides is 1. The van der Waals surface area contributed by atoms with Crippen LogP contribution in [-0.2, 0) is 24.2 Å². The number of aromatic amines is 1. The summed E-state index contributed by atoms with van der Waals surface area (Å²) in [5.41, 5.74) is 4.42. The molecule has 3 heterocycles. The van der Waals surface area contributed by atoms with E-state index in [4.69, 9.17) is 0 Å². The van der Waals surface area contributed by atoms with E-state index < -0.39 is 0 Å². The monoisotopic (exact) mass is 282 g/mol. The number of nitrogens with one attached hydrogen (secondary N) is 2. The highest BCUT2D eigenvalue weighted by atomic mass is 16.2. The van der Waals surface area contributed by atoms with Gasteiger partial charge < -0.3 is 9.88 Å². The van der Waals surface area contributed by atoms with E-state index in [0.717, 1.165) is 23.5 Å². The number of H-pyrrole nitrogens is 1. The van der Waals surface area contributed by atoms with Crippen molar-refractivity contribution < 1.29 is 4.79 Å². The van der Waals surface area contributed by atoms with Gasteiger partial charge in [0.1, 0.15) is 0 Å². The first-order valence-corrected chi connectivity index (χ1v) is 7.39. The molecule has 108 valence electrons. The zero-order valence-corrected chi connectivity index (χ0v) is 12.0. The number of benzene rings is 1. The van der Waals surface area contributed by atoms with Crippen molar-refractivity contribution in [3.05, 3.63) is 47.5 Å². The van der Waals surface area contributed by atoms with Gasteiger partial charge in [-0.15, -0.1) is 0 Å². The van der Waals surface area contributed by atoms with Crippen LogP contribution in [0.2, 0.25) is 0 Å². The van der Waals surface area contributed by atoms with Crippen LogP contribution in [-0.4, -0.2) is 28.0 Å². The molecular weight excluding hydrogens is 264 g/mol. The van der Waals surface area contributed by atoms with E-state index in [1.165, 1.54) is 5.56 Å². The minimum absolute atomic E-state index is 0.154. The van der Waals surface area contributed by atoms with Crippen LogP contribution >= 0.6 is 0 Å². The van der Waals surface area contributed by atoms with Crippen molar-refractivity contribution >= 4 is 11.6 Å². The molecular formula is C16H18N4O. The molecule has 0 fully saturated rings. The third-order valence-corrected chi connectivity index (χ3v) is 4.47. The Balaban J connectivity index is 1.61. The average molecular weight is 282 g/mol. The molecule has 5 nitrogen and oxygen atoms in total. The summed E-state index contributed by atoms with van der Waals surface area (Å²) in [5.74, 6) is 0.154. The molecule has 1 aromatic heterocycles. The molecule has 2 aliphatic heterocycles. The Morgan fingerprint density at radius 1 is 1.33 bits per heavy atom. The number of rotatable bonds is 1. The van der Waals surface area contributed by atoms with E-state index in [1.54, 1.807) is 6.33 Å². The fourth-order valence-corrected chi connectivity index (χ4v) is 3.41. The number of nitrogens with zero attached hydrogens (tertiary/aromatic N) is 2. The molecule has 21 heavy (non-hydrogen) atoms. The highest BCUT2D eigenvalue weighted by molar-refractivity contribution is 5.99. The van der Waals surface area contributed by atoms with E-state index in [0.29, 0.717) is 13.0 Å². The maximum Gasteiger partial charge on any atom is 0.244 e. The SMILES string of the molecule is CC1Cc2ccccc2N1C(=O)C1Cc2nc[nH]c2CN1. The number of carbonyl (C=O) groups excluding carboxylic acids is 1. The second-order valence-electron chi connectivity index (χ2n) is 5.86. The third-order valence-electron chi connectivity index (χ3n) is 4.47. The first-order valence-electron chi connectivity index (χ1n) is 7.39. The van der Waals surface area contributed by atoms with E-state index in [-0.39, 0.29) is 18.0 Å². The quantitative estimate of drug-likeness (QED) is 0.831. The van der Waals surface area contributed by atoms with Gasteiger partial charge in [-0.2, -0.15) is 0 Å². The Morgan fingerprint density at radius 2 is 2.19 bits per heavy atom. The van der Waals surface area contributed by atoms with Crippen LogP contribution in [0, 0.1) is 0 Å². The Morgan fingerprint density at radius 3 is 3.10 bits per heavy atom. The van der Waals surface area contributed by atoms with Gasteiger partial charge in [-0.1, -0.05) is 18.2 Å². The minimum Gasteiger partial charge on any atom is -0.347 e. The predicted octanol–water partition coefficient (Wildman–Crippen LogP) is 1.40. The van der Waals surface area contributed by atoms with Gasteiger partial charge in [0.2, 0.25) is 5.91 Å². The Labute approximate surface area is 123 Å². The summed E-state index contributed by atoms with van der Waals surface area (Å²) < 4.78 is 0. The van der Waals surface area contributed by atoms with Crippen molar-refractivity contribution in [3.63, 3.8) is 0 Å². The lowest BCUT2D eigenvalue weighted by molar-refractivity contribution is -0.121. The fourth-order valence-electron chi connectivity index (χ4n) is 3.41. The molecule has 2 aromatic rings. The zero-order chi connectivity index (χ0) is 14.4. The fraction of sp³-hybridized carbons (Fsp3) is 0.375. The number of fused-ring (bicyclic) bond motifs is 2. The Hall–Kier alpha value is -2.14. The predicted molar refractivity (Wildman–Crippen MR) is 80.0 cm³/mol. The lowest BCUT2D eigenvalue weighted by Gasteiger charge is -2.30. The zero-order valence-electron chi connectivity index (χ0n) is 12.0. The lowest BCUT2D eigenvalue weighted by atomic mass is 10.0. The highest BCUT2D eigenvalue weighted by Crippen LogP contribution is 2.32. The number of hydrogen-bond donors (Lipinski definition) is 2. The van der Waals surface area contributed by atoms with Crippen LogP contribution in [0.4, 0.5) is 5.69 Å². The molecule has 0 spiro atoms. The van der Waals surface area contributed by atoms with Gasteiger partial charge in [0.25, 0.3) is 0 Å². The second kappa shape index (κ2) is 4.70. The van der Waals surface area contributed by atoms with Gasteiger partial charge in [-0.3, -0.25) is 10.1 Å². The lowest BCUT2D eigenvalue weighted by Crippen LogP contribution is -2.51. The van der Waals surface area contributed by atoms with Crippen LogP contribution in [0.5, 0.6) is 0 Å². The third kappa shape index (κ3) is 1.96. The number of hydrogen-bond acceptors (Lipinski definition) is 3. The molecule has 4 rings (SSSR count). The number of carbonyl (C=O) groups is 1. The van der Waals surface area contributed by atoms with Crippen molar-refractivity contribution in [2.75, 3.05) is 4.90 Å². The molecule has 1 amide bonds. The van der Waals surface area contributed by atoms with E-state index >= 15 is 0 Å². The van der Waals surface area contributed by atoms with Crippen molar-refractivity contribution in [2.45, 2.75) is 38.4 Å². The normalized spacial score (nSPS) is 23.8. The summed E-state index contributed by atoms with van der Waals surface area (Å²) in [6.45, 7) is 2.79. The van der Waals surface area contributed by atoms with Crippen LogP contribution in [0.15, 0.2) is 30.6 Å². The molecule has 1 aromatic carbocycles. The summed E-state index contributed by atoms with van der Waals surface area (Å²) in [6, 6.07) is 8.22. The van der Waals surface area contributed by atoms with Crippen LogP contribution < -0.4 is 10.2 Å². The Kier molecular flexibility index (Phi) is 2.82. The van der Waals surface area contributed by atoms with Crippen LogP contribution in [0.25, 0.3) is 0 Å². The van der Waals surface area contributed by atoms with Crippen molar-refractivity contribution in [1.29, 1.82) is 0 Å². The number of imidazole rings is 1. The molecule has 2 unspecified atom stereocenters. The van der Waals surface area contributed by atoms with Crippen molar-refractivity contribution in [1.82, 2.24) is 15.3 Å². The van der Waals surface area contributed by atoms with Crippen molar-refractivity contribution in [2.24, 2.45) is 0 Å². The molecule has 2 atom stereocenters. The summed E-state index contributed by atoms with van der Waals surface area (Å²) in [6.07, 6.45) is 3.29. The second-order valence-corrected chi connectivity index (χ2v) is 5.86. The van der Waals surface area contributed by atoms with Gasteiger partial charge in [0, 0.05) is 24.7 Å². The number of para-hydroxylation sites is 1. The van der Waals surface area contributed by atoms with Gasteiger partial charge in [-0.25, -0.2) is 4.98 Å². The van der Waals surface area contributed by atoms with E-state index in [9.17, 15) is 4.79 Å². The molecule has 2 N–H and O–H groups in total. The average Bonchev–Trinajstić information content (AvgIpc) is 3.08. The first-order chi connectivity index (χ1) is 10.2. The topological polar surface area (TPSA) is 61.0 Å². The van der Waals surface area contributed by atoms with Crippen LogP contribution in [0.3, 0.4) is 0 Å².